The largest absolute Gasteiger partial charge is 0.504 e. The van der Waals surface area contributed by atoms with Crippen molar-refractivity contribution in [1.82, 2.24) is 0 Å². The Morgan fingerprint density at radius 3 is 2.04 bits per heavy atom. The molecule has 4 N–H and O–H groups in total. The molecule has 4 nitrogen and oxygen atoms in total. The molecule has 4 rings (SSSR count). The van der Waals surface area contributed by atoms with Crippen molar-refractivity contribution in [2.24, 2.45) is 5.73 Å². The zero-order valence-electron chi connectivity index (χ0n) is 15.0. The Labute approximate surface area is 158 Å². The fourth-order valence-electron chi connectivity index (χ4n) is 4.01. The molecular formula is C23H23NO3. The van der Waals surface area contributed by atoms with Gasteiger partial charge in [-0.25, -0.2) is 0 Å². The van der Waals surface area contributed by atoms with Gasteiger partial charge in [0.1, 0.15) is 0 Å². The van der Waals surface area contributed by atoms with Gasteiger partial charge < -0.3 is 20.7 Å². The van der Waals surface area contributed by atoms with Gasteiger partial charge in [0, 0.05) is 24.4 Å². The molecule has 0 aromatic heterocycles. The van der Waals surface area contributed by atoms with Gasteiger partial charge in [0.15, 0.2) is 11.5 Å². The Bertz CT molecular complexity index is 872. The van der Waals surface area contributed by atoms with Crippen LogP contribution in [0.5, 0.6) is 11.5 Å². The summed E-state index contributed by atoms with van der Waals surface area (Å²) in [7, 11) is 0. The molecule has 138 valence electrons. The fourth-order valence-corrected chi connectivity index (χ4v) is 4.01. The van der Waals surface area contributed by atoms with Crippen molar-refractivity contribution < 1.29 is 14.9 Å². The molecule has 3 aromatic rings. The molecule has 0 amide bonds. The predicted octanol–water partition coefficient (Wildman–Crippen LogP) is 3.87. The van der Waals surface area contributed by atoms with E-state index in [0.29, 0.717) is 13.0 Å². The van der Waals surface area contributed by atoms with E-state index < -0.39 is 0 Å². The van der Waals surface area contributed by atoms with Crippen LogP contribution < -0.4 is 5.73 Å². The molecule has 1 aliphatic rings. The van der Waals surface area contributed by atoms with Gasteiger partial charge in [-0.2, -0.15) is 0 Å². The summed E-state index contributed by atoms with van der Waals surface area (Å²) in [5.74, 6) is -0.184. The van der Waals surface area contributed by atoms with Gasteiger partial charge in [0.2, 0.25) is 0 Å². The highest BCUT2D eigenvalue weighted by atomic mass is 16.5. The van der Waals surface area contributed by atoms with Crippen molar-refractivity contribution in [2.75, 3.05) is 6.54 Å². The maximum Gasteiger partial charge on any atom is 0.161 e. The number of aromatic hydroxyl groups is 2. The van der Waals surface area contributed by atoms with Crippen LogP contribution in [-0.2, 0) is 11.2 Å². The second kappa shape index (κ2) is 7.43. The standard InChI is InChI=1S/C23H23NO3/c24-14-21-17-11-12-19(25)23(26)18(17)13-20(27-21)22(15-7-3-1-4-8-15)16-9-5-2-6-10-16/h1-12,20-22,25-26H,13-14,24H2. The van der Waals surface area contributed by atoms with E-state index in [1.165, 1.54) is 6.07 Å². The molecule has 3 aromatic carbocycles. The van der Waals surface area contributed by atoms with Gasteiger partial charge in [-0.05, 0) is 22.8 Å². The minimum absolute atomic E-state index is 0.00338. The molecule has 0 bridgehead atoms. The molecule has 2 atom stereocenters. The lowest BCUT2D eigenvalue weighted by Crippen LogP contribution is -2.35. The predicted molar refractivity (Wildman–Crippen MR) is 105 cm³/mol. The van der Waals surface area contributed by atoms with Crippen LogP contribution in [0.15, 0.2) is 72.8 Å². The van der Waals surface area contributed by atoms with Crippen molar-refractivity contribution in [1.29, 1.82) is 0 Å². The van der Waals surface area contributed by atoms with Gasteiger partial charge in [-0.1, -0.05) is 66.7 Å². The number of phenols is 2. The first-order chi connectivity index (χ1) is 13.2. The van der Waals surface area contributed by atoms with Crippen LogP contribution in [-0.4, -0.2) is 22.9 Å². The van der Waals surface area contributed by atoms with Crippen LogP contribution in [0.4, 0.5) is 0 Å². The lowest BCUT2D eigenvalue weighted by atomic mass is 9.81. The molecule has 0 saturated heterocycles. The minimum atomic E-state index is -0.319. The highest BCUT2D eigenvalue weighted by Gasteiger charge is 2.35. The van der Waals surface area contributed by atoms with Crippen LogP contribution in [0.25, 0.3) is 0 Å². The summed E-state index contributed by atoms with van der Waals surface area (Å²) in [5, 5.41) is 20.4. The number of hydrogen-bond donors (Lipinski definition) is 3. The first-order valence-electron chi connectivity index (χ1n) is 9.18. The van der Waals surface area contributed by atoms with Crippen molar-refractivity contribution in [3.8, 4) is 11.5 Å². The Balaban J connectivity index is 1.80. The molecule has 0 fully saturated rings. The van der Waals surface area contributed by atoms with Gasteiger partial charge >= 0.3 is 0 Å². The first-order valence-corrected chi connectivity index (χ1v) is 9.18. The summed E-state index contributed by atoms with van der Waals surface area (Å²) in [6.45, 7) is 0.310. The van der Waals surface area contributed by atoms with Gasteiger partial charge in [-0.15, -0.1) is 0 Å². The van der Waals surface area contributed by atoms with E-state index >= 15 is 0 Å². The Kier molecular flexibility index (Phi) is 4.84. The van der Waals surface area contributed by atoms with E-state index in [-0.39, 0.29) is 29.6 Å². The number of benzene rings is 3. The second-order valence-corrected chi connectivity index (χ2v) is 6.90. The summed E-state index contributed by atoms with van der Waals surface area (Å²) in [6.07, 6.45) is -0.0238. The number of ether oxygens (including phenoxy) is 1. The third kappa shape index (κ3) is 3.29. The van der Waals surface area contributed by atoms with E-state index in [9.17, 15) is 10.2 Å². The number of nitrogens with two attached hydrogens (primary N) is 1. The average Bonchev–Trinajstić information content (AvgIpc) is 2.72. The van der Waals surface area contributed by atoms with Crippen molar-refractivity contribution >= 4 is 0 Å². The molecule has 4 heteroatoms. The molecule has 0 spiro atoms. The summed E-state index contributed by atoms with van der Waals surface area (Å²) >= 11 is 0. The monoisotopic (exact) mass is 361 g/mol. The molecule has 1 aliphatic heterocycles. The third-order valence-electron chi connectivity index (χ3n) is 5.29. The van der Waals surface area contributed by atoms with Gasteiger partial charge in [0.25, 0.3) is 0 Å². The smallest absolute Gasteiger partial charge is 0.161 e. The topological polar surface area (TPSA) is 75.7 Å². The fraction of sp³-hybridized carbons (Fsp3) is 0.217. The number of rotatable bonds is 4. The van der Waals surface area contributed by atoms with E-state index in [1.54, 1.807) is 6.07 Å². The number of phenolic OH excluding ortho intramolecular Hbond substituents is 2. The van der Waals surface area contributed by atoms with Crippen LogP contribution in [0, 0.1) is 0 Å². The molecule has 0 aliphatic carbocycles. The minimum Gasteiger partial charge on any atom is -0.504 e. The molecule has 0 radical (unpaired) electrons. The van der Waals surface area contributed by atoms with Crippen LogP contribution in [0.1, 0.15) is 34.3 Å². The zero-order valence-corrected chi connectivity index (χ0v) is 15.0. The highest BCUT2D eigenvalue weighted by Crippen LogP contribution is 2.44. The lowest BCUT2D eigenvalue weighted by Gasteiger charge is -2.37. The van der Waals surface area contributed by atoms with E-state index in [4.69, 9.17) is 10.5 Å². The van der Waals surface area contributed by atoms with Crippen molar-refractivity contribution in [3.05, 3.63) is 95.1 Å². The lowest BCUT2D eigenvalue weighted by molar-refractivity contribution is -0.0294. The molecule has 1 heterocycles. The average molecular weight is 361 g/mol. The summed E-state index contributed by atoms with van der Waals surface area (Å²) in [6, 6.07) is 23.7. The van der Waals surface area contributed by atoms with Crippen LogP contribution in [0.3, 0.4) is 0 Å². The van der Waals surface area contributed by atoms with Crippen molar-refractivity contribution in [2.45, 2.75) is 24.5 Å². The van der Waals surface area contributed by atoms with E-state index in [1.807, 2.05) is 36.4 Å². The quantitative estimate of drug-likeness (QED) is 0.617. The van der Waals surface area contributed by atoms with E-state index in [0.717, 1.165) is 22.3 Å². The first kappa shape index (κ1) is 17.6. The normalized spacial score (nSPS) is 19.0. The Morgan fingerprint density at radius 1 is 0.889 bits per heavy atom. The maximum atomic E-state index is 10.5. The number of fused-ring (bicyclic) bond motifs is 1. The van der Waals surface area contributed by atoms with Gasteiger partial charge in [-0.3, -0.25) is 0 Å². The molecule has 27 heavy (non-hydrogen) atoms. The summed E-state index contributed by atoms with van der Waals surface area (Å²) in [5.41, 5.74) is 9.84. The summed E-state index contributed by atoms with van der Waals surface area (Å²) in [4.78, 5) is 0. The molecular weight excluding hydrogens is 338 g/mol. The van der Waals surface area contributed by atoms with E-state index in [2.05, 4.69) is 24.3 Å². The Morgan fingerprint density at radius 2 is 1.48 bits per heavy atom. The highest BCUT2D eigenvalue weighted by molar-refractivity contribution is 5.51. The second-order valence-electron chi connectivity index (χ2n) is 6.90. The van der Waals surface area contributed by atoms with Crippen LogP contribution >= 0.6 is 0 Å². The molecule has 0 saturated carbocycles. The Hall–Kier alpha value is -2.82. The SMILES string of the molecule is NCC1OC(C(c2ccccc2)c2ccccc2)Cc2c1ccc(O)c2O. The molecule has 2 unspecified atom stereocenters. The maximum absolute atomic E-state index is 10.5. The van der Waals surface area contributed by atoms with Crippen molar-refractivity contribution in [3.63, 3.8) is 0 Å². The summed E-state index contributed by atoms with van der Waals surface area (Å²) < 4.78 is 6.41. The third-order valence-corrected chi connectivity index (χ3v) is 5.29. The van der Waals surface area contributed by atoms with Crippen LogP contribution in [0.2, 0.25) is 0 Å². The number of hydrogen-bond acceptors (Lipinski definition) is 4. The zero-order chi connectivity index (χ0) is 18.8. The van der Waals surface area contributed by atoms with Gasteiger partial charge in [0.05, 0.1) is 12.2 Å².